The maximum Gasteiger partial charge on any atom is 0.293 e. The van der Waals surface area contributed by atoms with Gasteiger partial charge in [0.25, 0.3) is 11.1 Å². The highest BCUT2D eigenvalue weighted by Gasteiger charge is 2.35. The summed E-state index contributed by atoms with van der Waals surface area (Å²) in [5.41, 5.74) is 1.65. The topological polar surface area (TPSA) is 46.6 Å². The van der Waals surface area contributed by atoms with Gasteiger partial charge in [-0.3, -0.25) is 14.5 Å². The molecule has 1 fully saturated rings. The minimum Gasteiger partial charge on any atom is -0.495 e. The lowest BCUT2D eigenvalue weighted by Gasteiger charge is -2.14. The Hall–Kier alpha value is -2.09. The average molecular weight is 533 g/mol. The zero-order valence-corrected chi connectivity index (χ0v) is 19.3. The number of carbonyl (C=O) groups excluding carboxylic acids is 2. The minimum absolute atomic E-state index is 0.239. The van der Waals surface area contributed by atoms with Crippen LogP contribution in [0.3, 0.4) is 0 Å². The Morgan fingerprint density at radius 1 is 1.07 bits per heavy atom. The number of ether oxygens (including phenoxy) is 1. The number of halogens is 2. The fraction of sp³-hybridized carbons (Fsp3) is 0.0909. The number of thioether (sulfide) groups is 1. The van der Waals surface area contributed by atoms with E-state index < -0.39 is 0 Å². The third-order valence-electron chi connectivity index (χ3n) is 4.61. The lowest BCUT2D eigenvalue weighted by atomic mass is 10.0. The highest BCUT2D eigenvalue weighted by Crippen LogP contribution is 2.38. The molecule has 0 aromatic heterocycles. The van der Waals surface area contributed by atoms with Gasteiger partial charge in [0.15, 0.2) is 0 Å². The van der Waals surface area contributed by atoms with Gasteiger partial charge in [-0.25, -0.2) is 0 Å². The Morgan fingerprint density at radius 3 is 2.62 bits per heavy atom. The van der Waals surface area contributed by atoms with Gasteiger partial charge in [0, 0.05) is 10.0 Å². The van der Waals surface area contributed by atoms with Gasteiger partial charge in [-0.1, -0.05) is 58.4 Å². The molecule has 3 aromatic rings. The van der Waals surface area contributed by atoms with Crippen molar-refractivity contribution in [1.82, 2.24) is 4.90 Å². The van der Waals surface area contributed by atoms with Crippen LogP contribution >= 0.6 is 43.6 Å². The largest absolute Gasteiger partial charge is 0.495 e. The summed E-state index contributed by atoms with van der Waals surface area (Å²) in [6, 6.07) is 17.6. The zero-order valence-electron chi connectivity index (χ0n) is 15.3. The van der Waals surface area contributed by atoms with Crippen molar-refractivity contribution >= 4 is 71.6 Å². The molecule has 0 bridgehead atoms. The Bertz CT molecular complexity index is 1170. The molecule has 0 spiro atoms. The molecule has 2 amide bonds. The normalized spacial score (nSPS) is 15.6. The summed E-state index contributed by atoms with van der Waals surface area (Å²) in [5.74, 6) is 0.306. The molecule has 0 unspecified atom stereocenters. The van der Waals surface area contributed by atoms with E-state index in [-0.39, 0.29) is 17.7 Å². The standard InChI is InChI=1S/C22H15Br2NO3S/c1-28-20-15(9-16(23)11-18(20)24)10-19-21(26)25(22(27)29-19)12-14-7-4-6-13-5-2-3-8-17(13)14/h2-11H,12H2,1H3/b19-10+. The van der Waals surface area contributed by atoms with Crippen molar-refractivity contribution < 1.29 is 14.3 Å². The van der Waals surface area contributed by atoms with Crippen LogP contribution in [0.1, 0.15) is 11.1 Å². The average Bonchev–Trinajstić information content (AvgIpc) is 2.95. The molecule has 0 radical (unpaired) electrons. The predicted octanol–water partition coefficient (Wildman–Crippen LogP) is 6.61. The molecule has 29 heavy (non-hydrogen) atoms. The molecule has 1 saturated heterocycles. The molecule has 0 N–H and O–H groups in total. The molecule has 0 atom stereocenters. The predicted molar refractivity (Wildman–Crippen MR) is 124 cm³/mol. The number of benzene rings is 3. The molecule has 7 heteroatoms. The highest BCUT2D eigenvalue weighted by atomic mass is 79.9. The number of nitrogens with zero attached hydrogens (tertiary/aromatic N) is 1. The van der Waals surface area contributed by atoms with Crippen LogP contribution in [0.5, 0.6) is 5.75 Å². The van der Waals surface area contributed by atoms with Gasteiger partial charge in [-0.15, -0.1) is 0 Å². The number of rotatable bonds is 4. The van der Waals surface area contributed by atoms with Crippen LogP contribution in [0, 0.1) is 0 Å². The van der Waals surface area contributed by atoms with E-state index in [4.69, 9.17) is 4.74 Å². The Kier molecular flexibility index (Phi) is 5.81. The van der Waals surface area contributed by atoms with E-state index in [0.29, 0.717) is 16.2 Å². The number of hydrogen-bond donors (Lipinski definition) is 0. The number of imide groups is 1. The van der Waals surface area contributed by atoms with E-state index in [1.165, 1.54) is 4.90 Å². The SMILES string of the molecule is COc1c(Br)cc(Br)cc1/C=C1/SC(=O)N(Cc2cccc3ccccc23)C1=O. The highest BCUT2D eigenvalue weighted by molar-refractivity contribution is 9.11. The number of fused-ring (bicyclic) bond motifs is 1. The van der Waals surface area contributed by atoms with Crippen molar-refractivity contribution in [2.45, 2.75) is 6.54 Å². The lowest BCUT2D eigenvalue weighted by Crippen LogP contribution is -2.27. The quantitative estimate of drug-likeness (QED) is 0.355. The number of carbonyl (C=O) groups is 2. The van der Waals surface area contributed by atoms with Crippen LogP contribution in [-0.2, 0) is 11.3 Å². The second kappa shape index (κ2) is 8.34. The zero-order chi connectivity index (χ0) is 20.5. The number of hydrogen-bond acceptors (Lipinski definition) is 4. The molecule has 1 aliphatic rings. The first-order chi connectivity index (χ1) is 14.0. The molecule has 4 rings (SSSR count). The molecule has 1 heterocycles. The van der Waals surface area contributed by atoms with Gasteiger partial charge < -0.3 is 4.74 Å². The third kappa shape index (κ3) is 3.99. The minimum atomic E-state index is -0.300. The third-order valence-corrected chi connectivity index (χ3v) is 6.56. The van der Waals surface area contributed by atoms with Gasteiger partial charge in [0.1, 0.15) is 5.75 Å². The van der Waals surface area contributed by atoms with E-state index in [2.05, 4.69) is 31.9 Å². The van der Waals surface area contributed by atoms with Crippen LogP contribution in [-0.4, -0.2) is 23.2 Å². The summed E-state index contributed by atoms with van der Waals surface area (Å²) in [6.07, 6.45) is 1.70. The van der Waals surface area contributed by atoms with Crippen LogP contribution in [0.4, 0.5) is 4.79 Å². The summed E-state index contributed by atoms with van der Waals surface area (Å²) in [4.78, 5) is 27.2. The molecular formula is C22H15Br2NO3S. The number of methoxy groups -OCH3 is 1. The van der Waals surface area contributed by atoms with Gasteiger partial charge >= 0.3 is 0 Å². The monoisotopic (exact) mass is 531 g/mol. The van der Waals surface area contributed by atoms with Crippen LogP contribution in [0.2, 0.25) is 0 Å². The lowest BCUT2D eigenvalue weighted by molar-refractivity contribution is -0.123. The molecule has 3 aromatic carbocycles. The second-order valence-corrected chi connectivity index (χ2v) is 9.18. The van der Waals surface area contributed by atoms with Gasteiger partial charge in [0.2, 0.25) is 0 Å². The smallest absolute Gasteiger partial charge is 0.293 e. The first-order valence-electron chi connectivity index (χ1n) is 8.73. The van der Waals surface area contributed by atoms with Crippen molar-refractivity contribution in [1.29, 1.82) is 0 Å². The molecule has 1 aliphatic heterocycles. The molecule has 0 aliphatic carbocycles. The summed E-state index contributed by atoms with van der Waals surface area (Å²) in [7, 11) is 1.57. The van der Waals surface area contributed by atoms with E-state index in [9.17, 15) is 9.59 Å². The number of amides is 2. The summed E-state index contributed by atoms with van der Waals surface area (Å²) in [5, 5.41) is 1.84. The van der Waals surface area contributed by atoms with Gasteiger partial charge in [0.05, 0.1) is 23.0 Å². The summed E-state index contributed by atoms with van der Waals surface area (Å²) >= 11 is 7.85. The Morgan fingerprint density at radius 2 is 1.83 bits per heavy atom. The van der Waals surface area contributed by atoms with E-state index in [1.54, 1.807) is 13.2 Å². The van der Waals surface area contributed by atoms with E-state index in [0.717, 1.165) is 37.0 Å². The fourth-order valence-corrected chi connectivity index (χ4v) is 5.53. The second-order valence-electron chi connectivity index (χ2n) is 6.42. The first kappa shape index (κ1) is 20.2. The van der Waals surface area contributed by atoms with E-state index in [1.807, 2.05) is 54.6 Å². The maximum absolute atomic E-state index is 13.0. The molecular weight excluding hydrogens is 518 g/mol. The van der Waals surface area contributed by atoms with Crippen LogP contribution in [0.15, 0.2) is 68.4 Å². The molecule has 146 valence electrons. The van der Waals surface area contributed by atoms with Crippen LogP contribution < -0.4 is 4.74 Å². The van der Waals surface area contributed by atoms with Crippen molar-refractivity contribution in [3.63, 3.8) is 0 Å². The fourth-order valence-electron chi connectivity index (χ4n) is 3.28. The van der Waals surface area contributed by atoms with Crippen molar-refractivity contribution in [2.24, 2.45) is 0 Å². The Labute approximate surface area is 189 Å². The molecule has 0 saturated carbocycles. The molecule has 4 nitrogen and oxygen atoms in total. The van der Waals surface area contributed by atoms with Gasteiger partial charge in [-0.2, -0.15) is 0 Å². The van der Waals surface area contributed by atoms with Gasteiger partial charge in [-0.05, 0) is 62.2 Å². The summed E-state index contributed by atoms with van der Waals surface area (Å²) in [6.45, 7) is 0.239. The summed E-state index contributed by atoms with van der Waals surface area (Å²) < 4.78 is 7.04. The first-order valence-corrected chi connectivity index (χ1v) is 11.1. The maximum atomic E-state index is 13.0. The van der Waals surface area contributed by atoms with Crippen LogP contribution in [0.25, 0.3) is 16.8 Å². The van der Waals surface area contributed by atoms with Crippen molar-refractivity contribution in [2.75, 3.05) is 7.11 Å². The Balaban J connectivity index is 1.67. The van der Waals surface area contributed by atoms with Crippen molar-refractivity contribution in [3.05, 3.63) is 79.6 Å². The van der Waals surface area contributed by atoms with Crippen molar-refractivity contribution in [3.8, 4) is 5.75 Å². The van der Waals surface area contributed by atoms with E-state index >= 15 is 0 Å².